The third-order valence-electron chi connectivity index (χ3n) is 3.99. The number of carbonyl (C=O) groups excluding carboxylic acids is 1. The molecule has 0 aliphatic heterocycles. The fourth-order valence-electron chi connectivity index (χ4n) is 2.77. The number of methoxy groups -OCH3 is 3. The molecule has 2 rings (SSSR count). The first-order valence-corrected chi connectivity index (χ1v) is 7.74. The summed E-state index contributed by atoms with van der Waals surface area (Å²) in [5, 5.41) is 4.27. The van der Waals surface area contributed by atoms with E-state index >= 15 is 0 Å². The molecule has 0 heterocycles. The molecule has 0 saturated heterocycles. The number of hydrogen-bond donors (Lipinski definition) is 1. The number of carbonyl (C=O) groups is 1. The Hall–Kier alpha value is -2.24. The van der Waals surface area contributed by atoms with Gasteiger partial charge in [0.15, 0.2) is 11.5 Å². The normalized spacial score (nSPS) is 19.3. The van der Waals surface area contributed by atoms with Gasteiger partial charge in [0.1, 0.15) is 0 Å². The molecular formula is C17H24N2O4. The molecule has 1 aromatic rings. The van der Waals surface area contributed by atoms with Gasteiger partial charge in [0.05, 0.1) is 21.3 Å². The van der Waals surface area contributed by atoms with Gasteiger partial charge in [0, 0.05) is 11.3 Å². The molecule has 6 nitrogen and oxygen atoms in total. The first-order chi connectivity index (χ1) is 11.1. The number of hydrazone groups is 1. The molecule has 0 radical (unpaired) electrons. The fourth-order valence-corrected chi connectivity index (χ4v) is 2.77. The molecule has 0 bridgehead atoms. The molecule has 6 heteroatoms. The van der Waals surface area contributed by atoms with Crippen molar-refractivity contribution < 1.29 is 19.0 Å². The van der Waals surface area contributed by atoms with Crippen molar-refractivity contribution in [3.05, 3.63) is 17.7 Å². The second kappa shape index (κ2) is 7.85. The van der Waals surface area contributed by atoms with E-state index in [1.807, 2.05) is 0 Å². The van der Waals surface area contributed by atoms with Crippen molar-refractivity contribution in [3.63, 3.8) is 0 Å². The summed E-state index contributed by atoms with van der Waals surface area (Å²) in [4.78, 5) is 12.3. The van der Waals surface area contributed by atoms with E-state index in [2.05, 4.69) is 17.5 Å². The van der Waals surface area contributed by atoms with Gasteiger partial charge < -0.3 is 14.2 Å². The van der Waals surface area contributed by atoms with Crippen LogP contribution in [0, 0.1) is 5.92 Å². The maximum Gasteiger partial charge on any atom is 0.271 e. The Bertz CT molecular complexity index is 573. The van der Waals surface area contributed by atoms with Gasteiger partial charge in [-0.1, -0.05) is 6.92 Å². The van der Waals surface area contributed by atoms with Crippen molar-refractivity contribution >= 4 is 11.6 Å². The predicted octanol–water partition coefficient (Wildman–Crippen LogP) is 3.01. The zero-order chi connectivity index (χ0) is 16.8. The van der Waals surface area contributed by atoms with Crippen molar-refractivity contribution in [2.45, 2.75) is 32.6 Å². The largest absolute Gasteiger partial charge is 0.493 e. The van der Waals surface area contributed by atoms with Gasteiger partial charge in [-0.2, -0.15) is 5.10 Å². The van der Waals surface area contributed by atoms with Crippen molar-refractivity contribution in [1.82, 2.24) is 5.43 Å². The minimum atomic E-state index is -0.296. The smallest absolute Gasteiger partial charge is 0.271 e. The lowest BCUT2D eigenvalue weighted by Crippen LogP contribution is -2.22. The van der Waals surface area contributed by atoms with Crippen molar-refractivity contribution in [1.29, 1.82) is 0 Å². The Morgan fingerprint density at radius 3 is 2.35 bits per heavy atom. The first kappa shape index (κ1) is 17.1. The average Bonchev–Trinajstić information content (AvgIpc) is 2.58. The second-order valence-corrected chi connectivity index (χ2v) is 5.73. The highest BCUT2D eigenvalue weighted by atomic mass is 16.5. The number of ether oxygens (including phenoxy) is 3. The lowest BCUT2D eigenvalue weighted by Gasteiger charge is -2.19. The van der Waals surface area contributed by atoms with Crippen LogP contribution in [0.25, 0.3) is 0 Å². The van der Waals surface area contributed by atoms with E-state index in [1.54, 1.807) is 12.1 Å². The summed E-state index contributed by atoms with van der Waals surface area (Å²) in [6.45, 7) is 2.20. The quantitative estimate of drug-likeness (QED) is 0.847. The zero-order valence-electron chi connectivity index (χ0n) is 14.1. The average molecular weight is 320 g/mol. The predicted molar refractivity (Wildman–Crippen MR) is 88.6 cm³/mol. The Balaban J connectivity index is 2.17. The molecule has 1 aliphatic rings. The molecule has 0 spiro atoms. The molecule has 1 aliphatic carbocycles. The molecule has 1 N–H and O–H groups in total. The van der Waals surface area contributed by atoms with Crippen LogP contribution in [0.4, 0.5) is 0 Å². The van der Waals surface area contributed by atoms with E-state index < -0.39 is 0 Å². The van der Waals surface area contributed by atoms with E-state index in [0.717, 1.165) is 25.0 Å². The van der Waals surface area contributed by atoms with Crippen LogP contribution >= 0.6 is 0 Å². The Labute approximate surface area is 136 Å². The summed E-state index contributed by atoms with van der Waals surface area (Å²) in [5.74, 6) is 1.67. The summed E-state index contributed by atoms with van der Waals surface area (Å²) < 4.78 is 15.8. The lowest BCUT2D eigenvalue weighted by molar-refractivity contribution is 0.0953. The van der Waals surface area contributed by atoms with Crippen molar-refractivity contribution in [3.8, 4) is 17.2 Å². The van der Waals surface area contributed by atoms with Crippen molar-refractivity contribution in [2.24, 2.45) is 11.0 Å². The second-order valence-electron chi connectivity index (χ2n) is 5.73. The minimum Gasteiger partial charge on any atom is -0.493 e. The van der Waals surface area contributed by atoms with Gasteiger partial charge in [0.2, 0.25) is 5.75 Å². The maximum absolute atomic E-state index is 12.3. The molecule has 1 atom stereocenters. The minimum absolute atomic E-state index is 0.296. The molecule has 126 valence electrons. The molecular weight excluding hydrogens is 296 g/mol. The summed E-state index contributed by atoms with van der Waals surface area (Å²) in [5.41, 5.74) is 4.08. The van der Waals surface area contributed by atoms with Gasteiger partial charge in [-0.05, 0) is 43.7 Å². The number of nitrogens with zero attached hydrogens (tertiary/aromatic N) is 1. The molecule has 23 heavy (non-hydrogen) atoms. The van der Waals surface area contributed by atoms with Crippen LogP contribution in [-0.2, 0) is 0 Å². The number of hydrogen-bond acceptors (Lipinski definition) is 5. The van der Waals surface area contributed by atoms with Gasteiger partial charge >= 0.3 is 0 Å². The maximum atomic E-state index is 12.3. The highest BCUT2D eigenvalue weighted by molar-refractivity contribution is 5.96. The van der Waals surface area contributed by atoms with Crippen molar-refractivity contribution in [2.75, 3.05) is 21.3 Å². The van der Waals surface area contributed by atoms with Crippen LogP contribution in [0.15, 0.2) is 17.2 Å². The summed E-state index contributed by atoms with van der Waals surface area (Å²) in [6.07, 6.45) is 4.23. The molecule has 1 fully saturated rings. The van der Waals surface area contributed by atoms with Crippen LogP contribution in [0.1, 0.15) is 43.0 Å². The summed E-state index contributed by atoms with van der Waals surface area (Å²) >= 11 is 0. The summed E-state index contributed by atoms with van der Waals surface area (Å²) in [6, 6.07) is 3.22. The van der Waals surface area contributed by atoms with Gasteiger partial charge in [-0.15, -0.1) is 0 Å². The third-order valence-corrected chi connectivity index (χ3v) is 3.99. The molecule has 1 amide bonds. The topological polar surface area (TPSA) is 69.2 Å². The first-order valence-electron chi connectivity index (χ1n) is 7.74. The molecule has 1 aromatic carbocycles. The SMILES string of the molecule is COc1cc(C(=O)NN=C2CCCC(C)C2)cc(OC)c1OC. The molecule has 1 saturated carbocycles. The van der Waals surface area contributed by atoms with Crippen LogP contribution in [-0.4, -0.2) is 32.9 Å². The van der Waals surface area contributed by atoms with E-state index in [0.29, 0.717) is 28.7 Å². The Morgan fingerprint density at radius 1 is 1.17 bits per heavy atom. The summed E-state index contributed by atoms with van der Waals surface area (Å²) in [7, 11) is 4.56. The van der Waals surface area contributed by atoms with Crippen LogP contribution in [0.5, 0.6) is 17.2 Å². The number of nitrogens with one attached hydrogen (secondary N) is 1. The highest BCUT2D eigenvalue weighted by Gasteiger charge is 2.18. The van der Waals surface area contributed by atoms with Gasteiger partial charge in [0.25, 0.3) is 5.91 Å². The Kier molecular flexibility index (Phi) is 5.84. The lowest BCUT2D eigenvalue weighted by atomic mass is 9.89. The molecule has 0 aromatic heterocycles. The van der Waals surface area contributed by atoms with Crippen LogP contribution in [0.2, 0.25) is 0 Å². The van der Waals surface area contributed by atoms with E-state index in [1.165, 1.54) is 27.8 Å². The molecule has 1 unspecified atom stereocenters. The fraction of sp³-hybridized carbons (Fsp3) is 0.529. The van der Waals surface area contributed by atoms with Crippen LogP contribution < -0.4 is 19.6 Å². The van der Waals surface area contributed by atoms with E-state index in [-0.39, 0.29) is 5.91 Å². The Morgan fingerprint density at radius 2 is 1.83 bits per heavy atom. The van der Waals surface area contributed by atoms with Crippen LogP contribution in [0.3, 0.4) is 0 Å². The van der Waals surface area contributed by atoms with Gasteiger partial charge in [-0.25, -0.2) is 5.43 Å². The number of rotatable bonds is 5. The third kappa shape index (κ3) is 4.15. The number of benzene rings is 1. The van der Waals surface area contributed by atoms with Gasteiger partial charge in [-0.3, -0.25) is 4.79 Å². The standard InChI is InChI=1S/C17H24N2O4/c1-11-6-5-7-13(8-11)18-19-17(20)12-9-14(21-2)16(23-4)15(10-12)22-3/h9-11H,5-8H2,1-4H3,(H,19,20). The highest BCUT2D eigenvalue weighted by Crippen LogP contribution is 2.38. The number of amides is 1. The van der Waals surface area contributed by atoms with E-state index in [9.17, 15) is 4.79 Å². The monoisotopic (exact) mass is 320 g/mol. The van der Waals surface area contributed by atoms with E-state index in [4.69, 9.17) is 14.2 Å². The zero-order valence-corrected chi connectivity index (χ0v) is 14.1.